The Hall–Kier alpha value is -1.76. The van der Waals surface area contributed by atoms with Gasteiger partial charge in [0.2, 0.25) is 0 Å². The van der Waals surface area contributed by atoms with Gasteiger partial charge in [-0.15, -0.1) is 0 Å². The van der Waals surface area contributed by atoms with E-state index in [2.05, 4.69) is 16.0 Å². The molecule has 0 aromatic heterocycles. The summed E-state index contributed by atoms with van der Waals surface area (Å²) in [6.45, 7) is 1.60. The highest BCUT2D eigenvalue weighted by Crippen LogP contribution is 2.30. The molecule has 1 aromatic carbocycles. The van der Waals surface area contributed by atoms with Crippen molar-refractivity contribution >= 4 is 11.7 Å². The lowest BCUT2D eigenvalue weighted by atomic mass is 10.1. The fourth-order valence-electron chi connectivity index (χ4n) is 2.10. The molecule has 2 rings (SSSR count). The van der Waals surface area contributed by atoms with Crippen LogP contribution in [0.4, 0.5) is 23.7 Å². The molecule has 1 aliphatic heterocycles. The van der Waals surface area contributed by atoms with Gasteiger partial charge in [0.1, 0.15) is 0 Å². The predicted octanol–water partition coefficient (Wildman–Crippen LogP) is 2.58. The zero-order chi connectivity index (χ0) is 14.6. The second kappa shape index (κ2) is 6.13. The van der Waals surface area contributed by atoms with E-state index < -0.39 is 17.8 Å². The number of alkyl halides is 3. The van der Waals surface area contributed by atoms with E-state index in [9.17, 15) is 18.0 Å². The third-order valence-corrected chi connectivity index (χ3v) is 3.08. The van der Waals surface area contributed by atoms with Gasteiger partial charge in [0, 0.05) is 18.3 Å². The van der Waals surface area contributed by atoms with Crippen molar-refractivity contribution in [3.8, 4) is 0 Å². The van der Waals surface area contributed by atoms with Crippen LogP contribution in [-0.4, -0.2) is 25.2 Å². The number of benzene rings is 1. The fraction of sp³-hybridized carbons (Fsp3) is 0.462. The molecule has 20 heavy (non-hydrogen) atoms. The van der Waals surface area contributed by atoms with Crippen LogP contribution in [0.1, 0.15) is 18.4 Å². The average Bonchev–Trinajstić information content (AvgIpc) is 2.39. The second-order valence-corrected chi connectivity index (χ2v) is 4.72. The van der Waals surface area contributed by atoms with Gasteiger partial charge < -0.3 is 16.0 Å². The lowest BCUT2D eigenvalue weighted by Crippen LogP contribution is -2.47. The Kier molecular flexibility index (Phi) is 4.49. The van der Waals surface area contributed by atoms with Gasteiger partial charge in [0.05, 0.1) is 5.56 Å². The summed E-state index contributed by atoms with van der Waals surface area (Å²) in [6.07, 6.45) is -2.58. The number of hydrogen-bond acceptors (Lipinski definition) is 2. The first-order valence-corrected chi connectivity index (χ1v) is 6.40. The molecule has 110 valence electrons. The molecule has 2 amide bonds. The maximum absolute atomic E-state index is 12.5. The predicted molar refractivity (Wildman–Crippen MR) is 69.5 cm³/mol. The molecule has 4 nitrogen and oxygen atoms in total. The first-order valence-electron chi connectivity index (χ1n) is 6.40. The number of piperidine rings is 1. The maximum atomic E-state index is 12.5. The van der Waals surface area contributed by atoms with Gasteiger partial charge in [-0.25, -0.2) is 4.79 Å². The van der Waals surface area contributed by atoms with Crippen LogP contribution in [0, 0.1) is 0 Å². The van der Waals surface area contributed by atoms with Crippen LogP contribution in [0.3, 0.4) is 0 Å². The summed E-state index contributed by atoms with van der Waals surface area (Å²) >= 11 is 0. The van der Waals surface area contributed by atoms with E-state index in [4.69, 9.17) is 0 Å². The number of carbonyl (C=O) groups excluding carboxylic acids is 1. The lowest BCUT2D eigenvalue weighted by molar-refractivity contribution is -0.137. The number of amides is 2. The number of urea groups is 1. The summed E-state index contributed by atoms with van der Waals surface area (Å²) in [4.78, 5) is 11.7. The first kappa shape index (κ1) is 14.6. The van der Waals surface area contributed by atoms with E-state index >= 15 is 0 Å². The molecule has 7 heteroatoms. The van der Waals surface area contributed by atoms with Gasteiger partial charge in [-0.1, -0.05) is 6.07 Å². The molecule has 1 atom stereocenters. The Morgan fingerprint density at radius 2 is 2.15 bits per heavy atom. The minimum atomic E-state index is -4.42. The molecule has 0 radical (unpaired) electrons. The average molecular weight is 287 g/mol. The van der Waals surface area contributed by atoms with Crippen molar-refractivity contribution < 1.29 is 18.0 Å². The maximum Gasteiger partial charge on any atom is 0.416 e. The van der Waals surface area contributed by atoms with Crippen LogP contribution >= 0.6 is 0 Å². The van der Waals surface area contributed by atoms with Crippen molar-refractivity contribution in [3.05, 3.63) is 29.8 Å². The summed E-state index contributed by atoms with van der Waals surface area (Å²) in [6, 6.07) is 4.09. The van der Waals surface area contributed by atoms with Gasteiger partial charge in [0.25, 0.3) is 0 Å². The standard InChI is InChI=1S/C13H16F3N3O/c14-13(15,16)9-3-1-4-10(7-9)18-12(20)19-11-5-2-6-17-8-11/h1,3-4,7,11,17H,2,5-6,8H2,(H2,18,19,20)/t11-/m1/s1. The van der Waals surface area contributed by atoms with E-state index in [0.29, 0.717) is 6.54 Å². The SMILES string of the molecule is O=C(Nc1cccc(C(F)(F)F)c1)N[C@@H]1CCCNC1. The monoisotopic (exact) mass is 287 g/mol. The Balaban J connectivity index is 1.93. The molecule has 3 N–H and O–H groups in total. The summed E-state index contributed by atoms with van der Waals surface area (Å²) in [5, 5.41) is 8.30. The van der Waals surface area contributed by atoms with Crippen LogP contribution in [0.25, 0.3) is 0 Å². The van der Waals surface area contributed by atoms with E-state index in [1.165, 1.54) is 12.1 Å². The summed E-state index contributed by atoms with van der Waals surface area (Å²) in [5.74, 6) is 0. The highest BCUT2D eigenvalue weighted by molar-refractivity contribution is 5.89. The molecule has 0 saturated carbocycles. The summed E-state index contributed by atoms with van der Waals surface area (Å²) in [7, 11) is 0. The van der Waals surface area contributed by atoms with Gasteiger partial charge in [-0.2, -0.15) is 13.2 Å². The van der Waals surface area contributed by atoms with Crippen LogP contribution in [0.2, 0.25) is 0 Å². The van der Waals surface area contributed by atoms with E-state index in [1.54, 1.807) is 0 Å². The van der Waals surface area contributed by atoms with E-state index in [0.717, 1.165) is 31.5 Å². The Bertz CT molecular complexity index is 470. The van der Waals surface area contributed by atoms with Crippen LogP contribution in [-0.2, 0) is 6.18 Å². The molecule has 0 unspecified atom stereocenters. The number of halogens is 3. The van der Waals surface area contributed by atoms with Crippen LogP contribution in [0.5, 0.6) is 0 Å². The van der Waals surface area contributed by atoms with Crippen molar-refractivity contribution in [1.82, 2.24) is 10.6 Å². The normalized spacial score (nSPS) is 19.4. The number of hydrogen-bond donors (Lipinski definition) is 3. The zero-order valence-electron chi connectivity index (χ0n) is 10.8. The highest BCUT2D eigenvalue weighted by atomic mass is 19.4. The van der Waals surface area contributed by atoms with Crippen molar-refractivity contribution in [2.45, 2.75) is 25.1 Å². The van der Waals surface area contributed by atoms with Crippen molar-refractivity contribution in [2.75, 3.05) is 18.4 Å². The number of nitrogens with one attached hydrogen (secondary N) is 3. The zero-order valence-corrected chi connectivity index (χ0v) is 10.8. The molecular weight excluding hydrogens is 271 g/mol. The van der Waals surface area contributed by atoms with Gasteiger partial charge >= 0.3 is 12.2 Å². The molecule has 1 fully saturated rings. The smallest absolute Gasteiger partial charge is 0.334 e. The minimum Gasteiger partial charge on any atom is -0.334 e. The van der Waals surface area contributed by atoms with Crippen molar-refractivity contribution in [3.63, 3.8) is 0 Å². The Labute approximate surface area is 114 Å². The molecule has 1 aliphatic rings. The molecule has 0 aliphatic carbocycles. The van der Waals surface area contributed by atoms with E-state index in [1.807, 2.05) is 0 Å². The summed E-state index contributed by atoms with van der Waals surface area (Å²) in [5.41, 5.74) is -0.657. The largest absolute Gasteiger partial charge is 0.416 e. The number of rotatable bonds is 2. The van der Waals surface area contributed by atoms with Crippen LogP contribution in [0.15, 0.2) is 24.3 Å². The quantitative estimate of drug-likeness (QED) is 0.783. The fourth-order valence-corrected chi connectivity index (χ4v) is 2.10. The molecule has 1 heterocycles. The molecular formula is C13H16F3N3O. The van der Waals surface area contributed by atoms with Gasteiger partial charge in [0.15, 0.2) is 0 Å². The Morgan fingerprint density at radius 3 is 2.80 bits per heavy atom. The minimum absolute atomic E-state index is 0.00884. The number of carbonyl (C=O) groups is 1. The highest BCUT2D eigenvalue weighted by Gasteiger charge is 2.30. The second-order valence-electron chi connectivity index (χ2n) is 4.72. The Morgan fingerprint density at radius 1 is 1.35 bits per heavy atom. The van der Waals surface area contributed by atoms with Crippen molar-refractivity contribution in [2.24, 2.45) is 0 Å². The third kappa shape index (κ3) is 4.12. The molecule has 1 saturated heterocycles. The van der Waals surface area contributed by atoms with Gasteiger partial charge in [-0.05, 0) is 37.6 Å². The lowest BCUT2D eigenvalue weighted by Gasteiger charge is -2.23. The first-order chi connectivity index (χ1) is 9.45. The van der Waals surface area contributed by atoms with Gasteiger partial charge in [-0.3, -0.25) is 0 Å². The topological polar surface area (TPSA) is 53.2 Å². The molecule has 0 spiro atoms. The number of anilines is 1. The van der Waals surface area contributed by atoms with E-state index in [-0.39, 0.29) is 11.7 Å². The van der Waals surface area contributed by atoms with Crippen molar-refractivity contribution in [1.29, 1.82) is 0 Å². The molecule has 1 aromatic rings. The van der Waals surface area contributed by atoms with Crippen LogP contribution < -0.4 is 16.0 Å². The third-order valence-electron chi connectivity index (χ3n) is 3.08. The summed E-state index contributed by atoms with van der Waals surface area (Å²) < 4.78 is 37.6. The molecule has 0 bridgehead atoms.